The fraction of sp³-hybridized carbons (Fsp3) is 0.455. The maximum Gasteiger partial charge on any atom is 0.0953 e. The smallest absolute Gasteiger partial charge is 0.0953 e. The highest BCUT2D eigenvalue weighted by Gasteiger charge is 2.01. The molecule has 0 radical (unpaired) electrons. The molecule has 0 atom stereocenters. The molecule has 0 bridgehead atoms. The molecule has 0 aliphatic heterocycles. The molecule has 0 amide bonds. The molecule has 0 aromatic carbocycles. The lowest BCUT2D eigenvalue weighted by Gasteiger charge is -1.98. The van der Waals surface area contributed by atoms with Crippen LogP contribution in [0.4, 0.5) is 0 Å². The molecule has 0 aliphatic carbocycles. The summed E-state index contributed by atoms with van der Waals surface area (Å²) in [6.45, 7) is 4.66. The van der Waals surface area contributed by atoms with Crippen molar-refractivity contribution < 1.29 is 0 Å². The Kier molecular flexibility index (Phi) is 3.36. The number of hydrogen-bond donors (Lipinski definition) is 1. The average Bonchev–Trinajstić information content (AvgIpc) is 2.86. The van der Waals surface area contributed by atoms with Crippen LogP contribution in [0.25, 0.3) is 0 Å². The molecule has 0 spiro atoms. The van der Waals surface area contributed by atoms with E-state index in [1.165, 1.54) is 0 Å². The van der Waals surface area contributed by atoms with Crippen molar-refractivity contribution in [2.75, 3.05) is 6.54 Å². The summed E-state index contributed by atoms with van der Waals surface area (Å²) in [4.78, 5) is 4.32. The Bertz CT molecular complexity index is 443. The quantitative estimate of drug-likeness (QED) is 0.808. The molecule has 0 unspecified atom stereocenters. The van der Waals surface area contributed by atoms with E-state index in [1.807, 2.05) is 30.3 Å². The van der Waals surface area contributed by atoms with E-state index < -0.39 is 0 Å². The number of aryl methyl sites for hydroxylation is 1. The number of aromatic nitrogens is 4. The highest BCUT2D eigenvalue weighted by Crippen LogP contribution is 2.01. The number of imidazole rings is 1. The van der Waals surface area contributed by atoms with Crippen LogP contribution < -0.4 is 5.32 Å². The van der Waals surface area contributed by atoms with Crippen molar-refractivity contribution in [1.82, 2.24) is 24.6 Å². The van der Waals surface area contributed by atoms with Gasteiger partial charge in [-0.3, -0.25) is 4.68 Å². The zero-order valence-corrected chi connectivity index (χ0v) is 9.72. The predicted molar refractivity (Wildman–Crippen MR) is 61.9 cm³/mol. The third-order valence-corrected chi connectivity index (χ3v) is 2.36. The molecule has 5 heteroatoms. The van der Waals surface area contributed by atoms with Gasteiger partial charge in [0.25, 0.3) is 0 Å². The van der Waals surface area contributed by atoms with Gasteiger partial charge in [-0.1, -0.05) is 6.92 Å². The summed E-state index contributed by atoms with van der Waals surface area (Å²) in [6, 6.07) is 2.02. The first kappa shape index (κ1) is 10.9. The predicted octanol–water partition coefficient (Wildman–Crippen LogP) is 0.774. The van der Waals surface area contributed by atoms with Crippen molar-refractivity contribution in [2.45, 2.75) is 20.0 Å². The van der Waals surface area contributed by atoms with Gasteiger partial charge in [0.1, 0.15) is 0 Å². The van der Waals surface area contributed by atoms with Crippen molar-refractivity contribution in [3.05, 3.63) is 36.2 Å². The van der Waals surface area contributed by atoms with Gasteiger partial charge in [-0.25, -0.2) is 4.98 Å². The largest absolute Gasteiger partial charge is 0.331 e. The second-order valence-corrected chi connectivity index (χ2v) is 3.80. The van der Waals surface area contributed by atoms with Crippen LogP contribution in [0.15, 0.2) is 24.8 Å². The first-order valence-corrected chi connectivity index (χ1v) is 5.48. The summed E-state index contributed by atoms with van der Waals surface area (Å²) in [5.74, 6) is 0. The minimum Gasteiger partial charge on any atom is -0.331 e. The summed E-state index contributed by atoms with van der Waals surface area (Å²) in [6.07, 6.45) is 5.85. The maximum absolute atomic E-state index is 4.33. The molecule has 2 heterocycles. The summed E-state index contributed by atoms with van der Waals surface area (Å²) < 4.78 is 3.86. The van der Waals surface area contributed by atoms with Gasteiger partial charge in [-0.15, -0.1) is 0 Å². The van der Waals surface area contributed by atoms with E-state index in [4.69, 9.17) is 0 Å². The minimum absolute atomic E-state index is 0.778. The van der Waals surface area contributed by atoms with Crippen LogP contribution in [0, 0.1) is 0 Å². The van der Waals surface area contributed by atoms with Crippen molar-refractivity contribution in [3.8, 4) is 0 Å². The summed E-state index contributed by atoms with van der Waals surface area (Å²) in [7, 11) is 1.92. The SMILES string of the molecule is CCNCc1cn(Cc2ccn(C)n2)cn1. The molecule has 0 saturated carbocycles. The van der Waals surface area contributed by atoms with Gasteiger partial charge in [0, 0.05) is 26.0 Å². The topological polar surface area (TPSA) is 47.7 Å². The van der Waals surface area contributed by atoms with Crippen LogP contribution in [0.2, 0.25) is 0 Å². The molecule has 0 fully saturated rings. The molecule has 1 N–H and O–H groups in total. The van der Waals surface area contributed by atoms with Crippen LogP contribution in [0.3, 0.4) is 0 Å². The molecular formula is C11H17N5. The normalized spacial score (nSPS) is 10.9. The number of nitrogens with one attached hydrogen (secondary N) is 1. The summed E-state index contributed by atoms with van der Waals surface area (Å²) >= 11 is 0. The van der Waals surface area contributed by atoms with Gasteiger partial charge in [0.05, 0.1) is 24.3 Å². The van der Waals surface area contributed by atoms with Gasteiger partial charge < -0.3 is 9.88 Å². The average molecular weight is 219 g/mol. The lowest BCUT2D eigenvalue weighted by Crippen LogP contribution is -2.11. The Morgan fingerprint density at radius 2 is 2.25 bits per heavy atom. The van der Waals surface area contributed by atoms with Gasteiger partial charge in [0.15, 0.2) is 0 Å². The molecule has 0 saturated heterocycles. The molecule has 86 valence electrons. The fourth-order valence-corrected chi connectivity index (χ4v) is 1.57. The molecule has 5 nitrogen and oxygen atoms in total. The van der Waals surface area contributed by atoms with E-state index in [-0.39, 0.29) is 0 Å². The summed E-state index contributed by atoms with van der Waals surface area (Å²) in [5.41, 5.74) is 2.12. The van der Waals surface area contributed by atoms with Crippen LogP contribution in [0.5, 0.6) is 0 Å². The van der Waals surface area contributed by atoms with E-state index in [9.17, 15) is 0 Å². The van der Waals surface area contributed by atoms with E-state index in [0.717, 1.165) is 31.0 Å². The van der Waals surface area contributed by atoms with E-state index in [1.54, 1.807) is 0 Å². The Morgan fingerprint density at radius 3 is 2.94 bits per heavy atom. The van der Waals surface area contributed by atoms with Gasteiger partial charge in [-0.2, -0.15) is 5.10 Å². The number of hydrogen-bond acceptors (Lipinski definition) is 3. The lowest BCUT2D eigenvalue weighted by atomic mass is 10.4. The third kappa shape index (κ3) is 2.70. The Hall–Kier alpha value is -1.62. The third-order valence-electron chi connectivity index (χ3n) is 2.36. The second-order valence-electron chi connectivity index (χ2n) is 3.80. The highest BCUT2D eigenvalue weighted by molar-refractivity contribution is 5.03. The van der Waals surface area contributed by atoms with Crippen LogP contribution in [-0.2, 0) is 20.1 Å². The zero-order valence-electron chi connectivity index (χ0n) is 9.72. The van der Waals surface area contributed by atoms with Gasteiger partial charge >= 0.3 is 0 Å². The Balaban J connectivity index is 1.97. The van der Waals surface area contributed by atoms with Crippen LogP contribution in [-0.4, -0.2) is 25.9 Å². The second kappa shape index (κ2) is 4.94. The molecule has 2 aromatic rings. The Morgan fingerprint density at radius 1 is 1.38 bits per heavy atom. The molecule has 0 aliphatic rings. The monoisotopic (exact) mass is 219 g/mol. The fourth-order valence-electron chi connectivity index (χ4n) is 1.57. The van der Waals surface area contributed by atoms with Crippen molar-refractivity contribution in [2.24, 2.45) is 7.05 Å². The van der Waals surface area contributed by atoms with Crippen LogP contribution >= 0.6 is 0 Å². The van der Waals surface area contributed by atoms with Gasteiger partial charge in [-0.05, 0) is 12.6 Å². The van der Waals surface area contributed by atoms with Crippen molar-refractivity contribution in [1.29, 1.82) is 0 Å². The Labute approximate surface area is 95.1 Å². The lowest BCUT2D eigenvalue weighted by molar-refractivity contribution is 0.700. The van der Waals surface area contributed by atoms with Gasteiger partial charge in [0.2, 0.25) is 0 Å². The van der Waals surface area contributed by atoms with E-state index in [0.29, 0.717) is 0 Å². The van der Waals surface area contributed by atoms with Crippen LogP contribution in [0.1, 0.15) is 18.3 Å². The number of rotatable bonds is 5. The molecule has 2 aromatic heterocycles. The summed E-state index contributed by atoms with van der Waals surface area (Å²) in [5, 5.41) is 7.58. The van der Waals surface area contributed by atoms with E-state index >= 15 is 0 Å². The first-order chi connectivity index (χ1) is 7.78. The maximum atomic E-state index is 4.33. The zero-order chi connectivity index (χ0) is 11.4. The van der Waals surface area contributed by atoms with Crippen molar-refractivity contribution in [3.63, 3.8) is 0 Å². The highest BCUT2D eigenvalue weighted by atomic mass is 15.3. The standard InChI is InChI=1S/C11H17N5/c1-3-12-6-11-8-16(9-13-11)7-10-4-5-15(2)14-10/h4-5,8-9,12H,3,6-7H2,1-2H3. The number of nitrogens with zero attached hydrogens (tertiary/aromatic N) is 4. The first-order valence-electron chi connectivity index (χ1n) is 5.48. The molecule has 2 rings (SSSR count). The molecular weight excluding hydrogens is 202 g/mol. The van der Waals surface area contributed by atoms with Crippen molar-refractivity contribution >= 4 is 0 Å². The van der Waals surface area contributed by atoms with E-state index in [2.05, 4.69) is 33.1 Å². The minimum atomic E-state index is 0.778. The molecule has 16 heavy (non-hydrogen) atoms.